The summed E-state index contributed by atoms with van der Waals surface area (Å²) in [5.41, 5.74) is 5.13. The van der Waals surface area contributed by atoms with Gasteiger partial charge in [-0.25, -0.2) is 0 Å². The molecule has 0 radical (unpaired) electrons. The normalized spacial score (nSPS) is 14.1. The molecule has 0 aliphatic carbocycles. The van der Waals surface area contributed by atoms with Crippen molar-refractivity contribution in [2.24, 2.45) is 0 Å². The van der Waals surface area contributed by atoms with E-state index in [0.717, 1.165) is 31.5 Å². The van der Waals surface area contributed by atoms with Crippen molar-refractivity contribution < 1.29 is 23.1 Å². The molecule has 1 amide bonds. The van der Waals surface area contributed by atoms with Gasteiger partial charge >= 0.3 is 6.18 Å². The number of aromatic hydroxyl groups is 1. The van der Waals surface area contributed by atoms with Gasteiger partial charge in [0, 0.05) is 48.7 Å². The Morgan fingerprint density at radius 2 is 1.93 bits per heavy atom. The lowest BCUT2D eigenvalue weighted by Crippen LogP contribution is -2.17. The third-order valence-corrected chi connectivity index (χ3v) is 4.50. The summed E-state index contributed by atoms with van der Waals surface area (Å²) in [6.45, 7) is 0.957. The first kappa shape index (κ1) is 20.3. The molecule has 29 heavy (non-hydrogen) atoms. The highest BCUT2D eigenvalue weighted by Gasteiger charge is 2.31. The van der Waals surface area contributed by atoms with Gasteiger partial charge in [0.05, 0.1) is 5.56 Å². The van der Waals surface area contributed by atoms with Gasteiger partial charge in [-0.2, -0.15) is 13.2 Å². The minimum atomic E-state index is -4.53. The van der Waals surface area contributed by atoms with Crippen molar-refractivity contribution in [1.29, 1.82) is 0 Å². The first-order valence-corrected chi connectivity index (χ1v) is 8.69. The Morgan fingerprint density at radius 1 is 1.17 bits per heavy atom. The molecule has 152 valence electrons. The van der Waals surface area contributed by atoms with Gasteiger partial charge < -0.3 is 15.7 Å². The van der Waals surface area contributed by atoms with Crippen LogP contribution in [-0.2, 0) is 11.0 Å². The minimum Gasteiger partial charge on any atom is -0.507 e. The van der Waals surface area contributed by atoms with Gasteiger partial charge in [-0.1, -0.05) is 0 Å². The highest BCUT2D eigenvalue weighted by atomic mass is 19.4. The Hall–Kier alpha value is -3.43. The van der Waals surface area contributed by atoms with Crippen LogP contribution in [-0.4, -0.2) is 44.7 Å². The maximum atomic E-state index is 12.6. The van der Waals surface area contributed by atoms with Crippen LogP contribution in [0.3, 0.4) is 0 Å². The van der Waals surface area contributed by atoms with E-state index in [1.165, 1.54) is 12.4 Å². The molecule has 0 spiro atoms. The van der Waals surface area contributed by atoms with Crippen molar-refractivity contribution >= 4 is 22.5 Å². The second-order valence-corrected chi connectivity index (χ2v) is 6.50. The fourth-order valence-corrected chi connectivity index (χ4v) is 2.91. The van der Waals surface area contributed by atoms with Crippen molar-refractivity contribution in [3.8, 4) is 17.0 Å². The molecule has 1 aliphatic rings. The van der Waals surface area contributed by atoms with Gasteiger partial charge in [-0.3, -0.25) is 9.78 Å². The number of fused-ring (bicyclic) bond motifs is 1. The van der Waals surface area contributed by atoms with Crippen LogP contribution in [0.1, 0.15) is 18.4 Å². The number of halogens is 3. The lowest BCUT2D eigenvalue weighted by molar-refractivity contribution is -0.137. The molecule has 1 fully saturated rings. The highest BCUT2D eigenvalue weighted by molar-refractivity contribution is 5.99. The molecule has 10 heteroatoms. The Bertz CT molecular complexity index is 1060. The molecule has 7 nitrogen and oxygen atoms in total. The fourth-order valence-electron chi connectivity index (χ4n) is 2.91. The number of aromatic nitrogens is 3. The molecule has 4 rings (SSSR count). The maximum absolute atomic E-state index is 12.6. The second-order valence-electron chi connectivity index (χ2n) is 6.50. The van der Waals surface area contributed by atoms with E-state index in [2.05, 4.69) is 15.2 Å². The predicted octanol–water partition coefficient (Wildman–Crippen LogP) is 3.24. The van der Waals surface area contributed by atoms with Gasteiger partial charge in [-0.15, -0.1) is 10.2 Å². The van der Waals surface area contributed by atoms with Gasteiger partial charge in [0.25, 0.3) is 0 Å². The SMILES string of the molecule is CN1CCCC1=O.Nc1nnc(-c2ccc(C(F)(F)F)cc2O)c2ccncc12. The Labute approximate surface area is 164 Å². The third-order valence-electron chi connectivity index (χ3n) is 4.50. The van der Waals surface area contributed by atoms with E-state index in [1.54, 1.807) is 11.0 Å². The number of nitrogens with zero attached hydrogens (tertiary/aromatic N) is 4. The number of pyridine rings is 1. The van der Waals surface area contributed by atoms with Crippen LogP contribution < -0.4 is 5.73 Å². The molecule has 0 saturated carbocycles. The molecule has 0 atom stereocenters. The highest BCUT2D eigenvalue weighted by Crippen LogP contribution is 2.38. The number of likely N-dealkylation sites (tertiary alicyclic amines) is 1. The number of nitrogens with two attached hydrogens (primary N) is 1. The number of amides is 1. The smallest absolute Gasteiger partial charge is 0.416 e. The third kappa shape index (κ3) is 4.36. The molecule has 3 heterocycles. The molecule has 1 aromatic carbocycles. The molecule has 1 saturated heterocycles. The average Bonchev–Trinajstić information content (AvgIpc) is 3.05. The number of rotatable bonds is 1. The lowest BCUT2D eigenvalue weighted by atomic mass is 10.0. The van der Waals surface area contributed by atoms with Gasteiger partial charge in [-0.05, 0) is 30.7 Å². The Morgan fingerprint density at radius 3 is 2.48 bits per heavy atom. The number of hydrogen-bond donors (Lipinski definition) is 2. The predicted molar refractivity (Wildman–Crippen MR) is 101 cm³/mol. The lowest BCUT2D eigenvalue weighted by Gasteiger charge is -2.11. The van der Waals surface area contributed by atoms with E-state index in [4.69, 9.17) is 5.73 Å². The summed E-state index contributed by atoms with van der Waals surface area (Å²) < 4.78 is 37.9. The number of benzene rings is 1. The number of carbonyl (C=O) groups excluding carboxylic acids is 1. The largest absolute Gasteiger partial charge is 0.507 e. The molecule has 3 aromatic rings. The summed E-state index contributed by atoms with van der Waals surface area (Å²) >= 11 is 0. The van der Waals surface area contributed by atoms with E-state index in [-0.39, 0.29) is 17.1 Å². The number of phenolic OH excluding ortho intramolecular Hbond substituents is 1. The van der Waals surface area contributed by atoms with Gasteiger partial charge in [0.2, 0.25) is 5.91 Å². The van der Waals surface area contributed by atoms with E-state index in [0.29, 0.717) is 22.7 Å². The van der Waals surface area contributed by atoms with Crippen LogP contribution >= 0.6 is 0 Å². The number of carbonyl (C=O) groups is 1. The van der Waals surface area contributed by atoms with Crippen LogP contribution in [0.2, 0.25) is 0 Å². The fraction of sp³-hybridized carbons (Fsp3) is 0.263. The molecular formula is C19H18F3N5O2. The molecule has 1 aliphatic heterocycles. The van der Waals surface area contributed by atoms with E-state index >= 15 is 0 Å². The summed E-state index contributed by atoms with van der Waals surface area (Å²) in [6, 6.07) is 4.28. The Kier molecular flexibility index (Phi) is 5.53. The van der Waals surface area contributed by atoms with Crippen molar-refractivity contribution in [3.63, 3.8) is 0 Å². The van der Waals surface area contributed by atoms with E-state index < -0.39 is 17.5 Å². The number of hydrogen-bond acceptors (Lipinski definition) is 6. The average molecular weight is 405 g/mol. The zero-order chi connectivity index (χ0) is 21.2. The first-order valence-electron chi connectivity index (χ1n) is 8.69. The van der Waals surface area contributed by atoms with Crippen LogP contribution in [0.5, 0.6) is 5.75 Å². The molecule has 2 aromatic heterocycles. The first-order chi connectivity index (χ1) is 13.7. The summed E-state index contributed by atoms with van der Waals surface area (Å²) in [5.74, 6) is -0.0924. The summed E-state index contributed by atoms with van der Waals surface area (Å²) in [5, 5.41) is 18.6. The number of nitrogen functional groups attached to an aromatic ring is 1. The van der Waals surface area contributed by atoms with Gasteiger partial charge in [0.1, 0.15) is 11.4 Å². The number of phenols is 1. The van der Waals surface area contributed by atoms with Crippen LogP contribution in [0, 0.1) is 0 Å². The van der Waals surface area contributed by atoms with E-state index in [1.807, 2.05) is 7.05 Å². The standard InChI is InChI=1S/C14H9F3N4O.C5H9NO/c15-14(16,17)7-1-2-9(11(22)5-7)12-8-3-4-19-6-10(8)13(18)21-20-12;1-6-4-2-3-5(6)7/h1-6,22H,(H2,18,21);2-4H2,1H3. The quantitative estimate of drug-likeness (QED) is 0.644. The summed E-state index contributed by atoms with van der Waals surface area (Å²) in [7, 11) is 1.84. The van der Waals surface area contributed by atoms with Crippen molar-refractivity contribution in [2.75, 3.05) is 19.3 Å². The topological polar surface area (TPSA) is 105 Å². The summed E-state index contributed by atoms with van der Waals surface area (Å²) in [4.78, 5) is 16.2. The summed E-state index contributed by atoms with van der Waals surface area (Å²) in [6.07, 6.45) is 0.249. The number of alkyl halides is 3. The second kappa shape index (κ2) is 7.90. The molecular weight excluding hydrogens is 387 g/mol. The molecule has 0 unspecified atom stereocenters. The van der Waals surface area contributed by atoms with Crippen molar-refractivity contribution in [2.45, 2.75) is 19.0 Å². The van der Waals surface area contributed by atoms with Crippen molar-refractivity contribution in [3.05, 3.63) is 42.2 Å². The Balaban J connectivity index is 0.000000290. The molecule has 0 bridgehead atoms. The minimum absolute atomic E-state index is 0.136. The van der Waals surface area contributed by atoms with Crippen LogP contribution in [0.4, 0.5) is 19.0 Å². The van der Waals surface area contributed by atoms with Crippen LogP contribution in [0.15, 0.2) is 36.7 Å². The number of anilines is 1. The van der Waals surface area contributed by atoms with Gasteiger partial charge in [0.15, 0.2) is 5.82 Å². The zero-order valence-electron chi connectivity index (χ0n) is 15.4. The van der Waals surface area contributed by atoms with Crippen molar-refractivity contribution in [1.82, 2.24) is 20.1 Å². The monoisotopic (exact) mass is 405 g/mol. The molecule has 3 N–H and O–H groups in total. The van der Waals surface area contributed by atoms with Crippen LogP contribution in [0.25, 0.3) is 22.0 Å². The van der Waals surface area contributed by atoms with E-state index in [9.17, 15) is 23.1 Å². The zero-order valence-corrected chi connectivity index (χ0v) is 15.4. The maximum Gasteiger partial charge on any atom is 0.416 e.